The van der Waals surface area contributed by atoms with Crippen LogP contribution in [0.15, 0.2) is 73.2 Å². The lowest BCUT2D eigenvalue weighted by molar-refractivity contribution is 0.0954. The average molecular weight is 376 g/mol. The molecule has 2 heterocycles. The number of rotatable bonds is 5. The van der Waals surface area contributed by atoms with Gasteiger partial charge in [-0.05, 0) is 65.6 Å². The van der Waals surface area contributed by atoms with E-state index in [1.54, 1.807) is 12.4 Å². The zero-order valence-electron chi connectivity index (χ0n) is 14.6. The fourth-order valence-electron chi connectivity index (χ4n) is 3.15. The first-order chi connectivity index (χ1) is 13.2. The van der Waals surface area contributed by atoms with Crippen molar-refractivity contribution in [3.63, 3.8) is 0 Å². The van der Waals surface area contributed by atoms with Gasteiger partial charge in [-0.3, -0.25) is 9.78 Å². The molecule has 4 nitrogen and oxygen atoms in total. The molecule has 0 radical (unpaired) electrons. The van der Waals surface area contributed by atoms with E-state index < -0.39 is 0 Å². The first kappa shape index (κ1) is 17.3. The standard InChI is InChI=1S/C22H18ClN3O/c23-19-4-5-21-20(13-19)18(14-26-21)8-11-25-22(27)17-3-1-2-16(12-17)15-6-9-24-10-7-15/h1-7,9-10,12-14,26H,8,11H2,(H,25,27). The Kier molecular flexibility index (Phi) is 4.90. The number of hydrogen-bond acceptors (Lipinski definition) is 2. The minimum absolute atomic E-state index is 0.0798. The molecule has 0 aliphatic rings. The SMILES string of the molecule is O=C(NCCc1c[nH]c2ccc(Cl)cc12)c1cccc(-c2ccncc2)c1. The molecule has 4 rings (SSSR count). The molecule has 2 aromatic heterocycles. The summed E-state index contributed by atoms with van der Waals surface area (Å²) >= 11 is 6.09. The van der Waals surface area contributed by atoms with Gasteiger partial charge in [0.1, 0.15) is 0 Å². The molecule has 0 saturated carbocycles. The number of carbonyl (C=O) groups excluding carboxylic acids is 1. The van der Waals surface area contributed by atoms with Crippen LogP contribution in [-0.2, 0) is 6.42 Å². The molecule has 0 bridgehead atoms. The van der Waals surface area contributed by atoms with Crippen LogP contribution in [0.2, 0.25) is 5.02 Å². The van der Waals surface area contributed by atoms with Gasteiger partial charge < -0.3 is 10.3 Å². The number of pyridine rings is 1. The molecule has 2 N–H and O–H groups in total. The molecule has 27 heavy (non-hydrogen) atoms. The molecule has 0 unspecified atom stereocenters. The lowest BCUT2D eigenvalue weighted by atomic mass is 10.0. The maximum absolute atomic E-state index is 12.5. The zero-order chi connectivity index (χ0) is 18.6. The topological polar surface area (TPSA) is 57.8 Å². The van der Waals surface area contributed by atoms with Crippen LogP contribution >= 0.6 is 11.6 Å². The van der Waals surface area contributed by atoms with Crippen LogP contribution in [0.3, 0.4) is 0 Å². The summed E-state index contributed by atoms with van der Waals surface area (Å²) in [6, 6.07) is 17.2. The Hall–Kier alpha value is -3.11. The van der Waals surface area contributed by atoms with Crippen LogP contribution in [0.4, 0.5) is 0 Å². The quantitative estimate of drug-likeness (QED) is 0.523. The Morgan fingerprint density at radius 2 is 1.89 bits per heavy atom. The van der Waals surface area contributed by atoms with E-state index in [2.05, 4.69) is 15.3 Å². The predicted octanol–water partition coefficient (Wildman–Crippen LogP) is 4.86. The molecule has 0 saturated heterocycles. The lowest BCUT2D eigenvalue weighted by Gasteiger charge is -2.07. The van der Waals surface area contributed by atoms with Crippen molar-refractivity contribution in [1.82, 2.24) is 15.3 Å². The molecule has 134 valence electrons. The van der Waals surface area contributed by atoms with Crippen molar-refractivity contribution in [3.8, 4) is 11.1 Å². The number of carbonyl (C=O) groups is 1. The van der Waals surface area contributed by atoms with Gasteiger partial charge in [-0.15, -0.1) is 0 Å². The highest BCUT2D eigenvalue weighted by molar-refractivity contribution is 6.31. The van der Waals surface area contributed by atoms with E-state index in [1.165, 1.54) is 0 Å². The first-order valence-electron chi connectivity index (χ1n) is 8.75. The van der Waals surface area contributed by atoms with Crippen molar-refractivity contribution in [2.45, 2.75) is 6.42 Å². The normalized spacial score (nSPS) is 10.9. The van der Waals surface area contributed by atoms with E-state index in [4.69, 9.17) is 11.6 Å². The Labute approximate surface area is 162 Å². The molecular weight excluding hydrogens is 358 g/mol. The fraction of sp³-hybridized carbons (Fsp3) is 0.0909. The van der Waals surface area contributed by atoms with E-state index >= 15 is 0 Å². The largest absolute Gasteiger partial charge is 0.361 e. The number of hydrogen-bond donors (Lipinski definition) is 2. The van der Waals surface area contributed by atoms with Gasteiger partial charge in [0.2, 0.25) is 0 Å². The number of fused-ring (bicyclic) bond motifs is 1. The highest BCUT2D eigenvalue weighted by Gasteiger charge is 2.08. The minimum Gasteiger partial charge on any atom is -0.361 e. The Bertz CT molecular complexity index is 1090. The summed E-state index contributed by atoms with van der Waals surface area (Å²) in [5, 5.41) is 4.80. The van der Waals surface area contributed by atoms with E-state index in [0.717, 1.165) is 34.0 Å². The van der Waals surface area contributed by atoms with Gasteiger partial charge in [-0.25, -0.2) is 0 Å². The maximum Gasteiger partial charge on any atom is 0.251 e. The molecule has 0 aliphatic heterocycles. The maximum atomic E-state index is 12.5. The van der Waals surface area contributed by atoms with Crippen molar-refractivity contribution >= 4 is 28.4 Å². The third kappa shape index (κ3) is 3.86. The molecular formula is C22H18ClN3O. The average Bonchev–Trinajstić information content (AvgIpc) is 3.11. The van der Waals surface area contributed by atoms with E-state index in [9.17, 15) is 4.79 Å². The van der Waals surface area contributed by atoms with Crippen molar-refractivity contribution in [2.24, 2.45) is 0 Å². The van der Waals surface area contributed by atoms with Gasteiger partial charge in [0.15, 0.2) is 0 Å². The highest BCUT2D eigenvalue weighted by Crippen LogP contribution is 2.23. The Morgan fingerprint density at radius 3 is 2.74 bits per heavy atom. The van der Waals surface area contributed by atoms with Gasteiger partial charge in [-0.2, -0.15) is 0 Å². The van der Waals surface area contributed by atoms with Crippen molar-refractivity contribution < 1.29 is 4.79 Å². The van der Waals surface area contributed by atoms with E-state index in [-0.39, 0.29) is 5.91 Å². The van der Waals surface area contributed by atoms with Crippen molar-refractivity contribution in [3.05, 3.63) is 89.3 Å². The second kappa shape index (κ2) is 7.64. The van der Waals surface area contributed by atoms with Crippen LogP contribution in [0, 0.1) is 0 Å². The number of H-pyrrole nitrogens is 1. The second-order valence-electron chi connectivity index (χ2n) is 6.33. The van der Waals surface area contributed by atoms with Gasteiger partial charge >= 0.3 is 0 Å². The third-order valence-electron chi connectivity index (χ3n) is 4.55. The van der Waals surface area contributed by atoms with E-state index in [1.807, 2.05) is 60.8 Å². The molecule has 1 amide bonds. The van der Waals surface area contributed by atoms with Crippen LogP contribution in [0.5, 0.6) is 0 Å². The van der Waals surface area contributed by atoms with Crippen molar-refractivity contribution in [1.29, 1.82) is 0 Å². The number of aromatic amines is 1. The van der Waals surface area contributed by atoms with Gasteiger partial charge in [-0.1, -0.05) is 23.7 Å². The Balaban J connectivity index is 1.43. The highest BCUT2D eigenvalue weighted by atomic mass is 35.5. The van der Waals surface area contributed by atoms with Crippen LogP contribution in [0.1, 0.15) is 15.9 Å². The molecule has 0 atom stereocenters. The summed E-state index contributed by atoms with van der Waals surface area (Å²) in [7, 11) is 0. The molecule has 0 spiro atoms. The summed E-state index contributed by atoms with van der Waals surface area (Å²) in [4.78, 5) is 19.8. The number of aromatic nitrogens is 2. The van der Waals surface area contributed by atoms with Gasteiger partial charge in [0.05, 0.1) is 0 Å². The third-order valence-corrected chi connectivity index (χ3v) is 4.78. The van der Waals surface area contributed by atoms with Crippen LogP contribution in [-0.4, -0.2) is 22.4 Å². The molecule has 0 aliphatic carbocycles. The zero-order valence-corrected chi connectivity index (χ0v) is 15.3. The summed E-state index contributed by atoms with van der Waals surface area (Å²) in [5.74, 6) is -0.0798. The smallest absolute Gasteiger partial charge is 0.251 e. The van der Waals surface area contributed by atoms with Crippen LogP contribution < -0.4 is 5.32 Å². The summed E-state index contributed by atoms with van der Waals surface area (Å²) in [6.45, 7) is 0.553. The lowest BCUT2D eigenvalue weighted by Crippen LogP contribution is -2.25. The molecule has 5 heteroatoms. The summed E-state index contributed by atoms with van der Waals surface area (Å²) in [6.07, 6.45) is 6.19. The van der Waals surface area contributed by atoms with Gasteiger partial charge in [0, 0.05) is 46.6 Å². The Morgan fingerprint density at radius 1 is 1.04 bits per heavy atom. The van der Waals surface area contributed by atoms with Crippen molar-refractivity contribution in [2.75, 3.05) is 6.54 Å². The second-order valence-corrected chi connectivity index (χ2v) is 6.76. The molecule has 0 fully saturated rings. The number of nitrogens with zero attached hydrogens (tertiary/aromatic N) is 1. The summed E-state index contributed by atoms with van der Waals surface area (Å²) in [5.41, 5.74) is 4.86. The number of amides is 1. The monoisotopic (exact) mass is 375 g/mol. The number of benzene rings is 2. The number of halogens is 1. The van der Waals surface area contributed by atoms with Crippen LogP contribution in [0.25, 0.3) is 22.0 Å². The number of nitrogens with one attached hydrogen (secondary N) is 2. The summed E-state index contributed by atoms with van der Waals surface area (Å²) < 4.78 is 0. The first-order valence-corrected chi connectivity index (χ1v) is 9.13. The predicted molar refractivity (Wildman–Crippen MR) is 109 cm³/mol. The molecule has 2 aromatic carbocycles. The van der Waals surface area contributed by atoms with E-state index in [0.29, 0.717) is 17.1 Å². The fourth-order valence-corrected chi connectivity index (χ4v) is 3.33. The molecule has 4 aromatic rings. The van der Waals surface area contributed by atoms with Gasteiger partial charge in [0.25, 0.3) is 5.91 Å². The minimum atomic E-state index is -0.0798.